The third-order valence-electron chi connectivity index (χ3n) is 3.74. The van der Waals surface area contributed by atoms with Crippen molar-refractivity contribution in [3.05, 3.63) is 23.8 Å². The molecule has 0 aliphatic carbocycles. The summed E-state index contributed by atoms with van der Waals surface area (Å²) in [6.07, 6.45) is 3.70. The summed E-state index contributed by atoms with van der Waals surface area (Å²) < 4.78 is 5.69. The number of nitrogens with one attached hydrogen (secondary N) is 1. The molecule has 0 aromatic heterocycles. The molecule has 0 spiro atoms. The Morgan fingerprint density at radius 1 is 1.48 bits per heavy atom. The molecule has 1 aliphatic rings. The average molecular weight is 291 g/mol. The number of ether oxygens (including phenoxy) is 1. The molecule has 1 aliphatic heterocycles. The molecule has 1 aromatic rings. The molecule has 1 aromatic carbocycles. The summed E-state index contributed by atoms with van der Waals surface area (Å²) in [7, 11) is 1.95. The molecule has 116 valence electrons. The van der Waals surface area contributed by atoms with Crippen molar-refractivity contribution in [2.24, 2.45) is 0 Å². The number of benzene rings is 1. The molecule has 0 saturated carbocycles. The van der Waals surface area contributed by atoms with Gasteiger partial charge in [0.15, 0.2) is 0 Å². The smallest absolute Gasteiger partial charge is 0.238 e. The summed E-state index contributed by atoms with van der Waals surface area (Å²) in [5.41, 5.74) is 8.19. The van der Waals surface area contributed by atoms with Crippen molar-refractivity contribution in [1.82, 2.24) is 4.90 Å². The van der Waals surface area contributed by atoms with Crippen molar-refractivity contribution in [3.63, 3.8) is 0 Å². The third kappa shape index (κ3) is 5.02. The van der Waals surface area contributed by atoms with Crippen LogP contribution in [0.25, 0.3) is 0 Å². The fraction of sp³-hybridized carbons (Fsp3) is 0.562. The zero-order valence-electron chi connectivity index (χ0n) is 12.9. The first-order chi connectivity index (χ1) is 10.0. The first kappa shape index (κ1) is 15.8. The second-order valence-electron chi connectivity index (χ2n) is 5.81. The van der Waals surface area contributed by atoms with Gasteiger partial charge >= 0.3 is 0 Å². The molecule has 1 unspecified atom stereocenters. The van der Waals surface area contributed by atoms with Crippen LogP contribution in [0, 0.1) is 6.92 Å². The highest BCUT2D eigenvalue weighted by atomic mass is 16.5. The van der Waals surface area contributed by atoms with E-state index >= 15 is 0 Å². The zero-order valence-corrected chi connectivity index (χ0v) is 12.9. The highest BCUT2D eigenvalue weighted by molar-refractivity contribution is 5.93. The molecule has 21 heavy (non-hydrogen) atoms. The summed E-state index contributed by atoms with van der Waals surface area (Å²) >= 11 is 0. The molecular weight excluding hydrogens is 266 g/mol. The number of rotatable bonds is 5. The number of nitrogen functional groups attached to an aromatic ring is 1. The number of hydrogen-bond donors (Lipinski definition) is 2. The maximum atomic E-state index is 12.1. The minimum absolute atomic E-state index is 0.0259. The van der Waals surface area contributed by atoms with Gasteiger partial charge in [-0.25, -0.2) is 0 Å². The van der Waals surface area contributed by atoms with Crippen molar-refractivity contribution >= 4 is 17.3 Å². The van der Waals surface area contributed by atoms with Gasteiger partial charge in [-0.2, -0.15) is 0 Å². The van der Waals surface area contributed by atoms with Gasteiger partial charge in [0.2, 0.25) is 5.91 Å². The number of aryl methyl sites for hydroxylation is 1. The lowest BCUT2D eigenvalue weighted by molar-refractivity contribution is -0.117. The molecule has 0 radical (unpaired) electrons. The van der Waals surface area contributed by atoms with Gasteiger partial charge < -0.3 is 15.8 Å². The van der Waals surface area contributed by atoms with E-state index in [9.17, 15) is 4.79 Å². The maximum absolute atomic E-state index is 12.1. The largest absolute Gasteiger partial charge is 0.399 e. The number of likely N-dealkylation sites (N-methyl/N-ethyl adjacent to an activating group) is 1. The van der Waals surface area contributed by atoms with Crippen LogP contribution in [-0.2, 0) is 9.53 Å². The fourth-order valence-corrected chi connectivity index (χ4v) is 2.57. The molecule has 5 nitrogen and oxygen atoms in total. The molecule has 1 fully saturated rings. The van der Waals surface area contributed by atoms with E-state index in [4.69, 9.17) is 10.5 Å². The van der Waals surface area contributed by atoms with Gasteiger partial charge in [0.25, 0.3) is 0 Å². The second kappa shape index (κ2) is 7.43. The molecule has 1 heterocycles. The summed E-state index contributed by atoms with van der Waals surface area (Å²) in [5.74, 6) is -0.0259. The minimum atomic E-state index is -0.0259. The van der Waals surface area contributed by atoms with Crippen LogP contribution in [0.1, 0.15) is 24.8 Å². The maximum Gasteiger partial charge on any atom is 0.238 e. The van der Waals surface area contributed by atoms with Crippen LogP contribution in [0.15, 0.2) is 18.2 Å². The Labute approximate surface area is 126 Å². The van der Waals surface area contributed by atoms with E-state index in [1.165, 1.54) is 6.42 Å². The molecule has 1 atom stereocenters. The number of carbonyl (C=O) groups is 1. The Kier molecular flexibility index (Phi) is 5.59. The molecule has 1 amide bonds. The van der Waals surface area contributed by atoms with E-state index in [0.29, 0.717) is 12.2 Å². The van der Waals surface area contributed by atoms with Gasteiger partial charge in [-0.15, -0.1) is 0 Å². The number of amides is 1. The van der Waals surface area contributed by atoms with Crippen LogP contribution in [0.4, 0.5) is 11.4 Å². The van der Waals surface area contributed by atoms with Crippen LogP contribution < -0.4 is 11.1 Å². The second-order valence-corrected chi connectivity index (χ2v) is 5.81. The Morgan fingerprint density at radius 3 is 3.00 bits per heavy atom. The number of anilines is 2. The molecule has 5 heteroatoms. The first-order valence-corrected chi connectivity index (χ1v) is 7.50. The van der Waals surface area contributed by atoms with E-state index in [1.807, 2.05) is 31.0 Å². The standard InChI is InChI=1S/C16H25N3O2/c1-12-6-7-13(17)9-15(12)18-16(20)11-19(2)10-14-5-3-4-8-21-14/h6-7,9,14H,3-5,8,10-11,17H2,1-2H3,(H,18,20). The summed E-state index contributed by atoms with van der Waals surface area (Å²) in [6.45, 7) is 3.94. The molecule has 3 N–H and O–H groups in total. The number of carbonyl (C=O) groups excluding carboxylic acids is 1. The van der Waals surface area contributed by atoms with Crippen molar-refractivity contribution < 1.29 is 9.53 Å². The van der Waals surface area contributed by atoms with Gasteiger partial charge in [-0.3, -0.25) is 9.69 Å². The Bertz CT molecular complexity index is 484. The predicted molar refractivity (Wildman–Crippen MR) is 85.3 cm³/mol. The normalized spacial score (nSPS) is 18.7. The van der Waals surface area contributed by atoms with E-state index < -0.39 is 0 Å². The van der Waals surface area contributed by atoms with Crippen molar-refractivity contribution in [2.45, 2.75) is 32.3 Å². The van der Waals surface area contributed by atoms with Crippen LogP contribution >= 0.6 is 0 Å². The lowest BCUT2D eigenvalue weighted by Gasteiger charge is -2.27. The summed E-state index contributed by atoms with van der Waals surface area (Å²) in [5, 5.41) is 2.92. The van der Waals surface area contributed by atoms with E-state index in [2.05, 4.69) is 5.32 Å². The van der Waals surface area contributed by atoms with Crippen LogP contribution in [0.3, 0.4) is 0 Å². The highest BCUT2D eigenvalue weighted by Gasteiger charge is 2.17. The van der Waals surface area contributed by atoms with Crippen LogP contribution in [-0.4, -0.2) is 43.7 Å². The SMILES string of the molecule is Cc1ccc(N)cc1NC(=O)CN(C)CC1CCCCO1. The Morgan fingerprint density at radius 2 is 2.29 bits per heavy atom. The Balaban J connectivity index is 1.81. The lowest BCUT2D eigenvalue weighted by Crippen LogP contribution is -2.37. The van der Waals surface area contributed by atoms with Crippen molar-refractivity contribution in [2.75, 3.05) is 37.8 Å². The topological polar surface area (TPSA) is 67.6 Å². The first-order valence-electron chi connectivity index (χ1n) is 7.50. The molecule has 1 saturated heterocycles. The van der Waals surface area contributed by atoms with E-state index in [-0.39, 0.29) is 12.0 Å². The predicted octanol–water partition coefficient (Wildman–Crippen LogP) is 2.02. The van der Waals surface area contributed by atoms with Crippen molar-refractivity contribution in [3.8, 4) is 0 Å². The molecular formula is C16H25N3O2. The highest BCUT2D eigenvalue weighted by Crippen LogP contribution is 2.18. The van der Waals surface area contributed by atoms with E-state index in [0.717, 1.165) is 37.2 Å². The number of nitrogens with zero attached hydrogens (tertiary/aromatic N) is 1. The minimum Gasteiger partial charge on any atom is -0.399 e. The van der Waals surface area contributed by atoms with E-state index in [1.54, 1.807) is 6.07 Å². The monoisotopic (exact) mass is 291 g/mol. The number of nitrogens with two attached hydrogens (primary N) is 1. The number of hydrogen-bond acceptors (Lipinski definition) is 4. The van der Waals surface area contributed by atoms with Gasteiger partial charge in [0.05, 0.1) is 12.6 Å². The molecule has 0 bridgehead atoms. The van der Waals surface area contributed by atoms with Crippen LogP contribution in [0.2, 0.25) is 0 Å². The average Bonchev–Trinajstić information content (AvgIpc) is 2.43. The van der Waals surface area contributed by atoms with Crippen LogP contribution in [0.5, 0.6) is 0 Å². The lowest BCUT2D eigenvalue weighted by atomic mass is 10.1. The van der Waals surface area contributed by atoms with Crippen molar-refractivity contribution in [1.29, 1.82) is 0 Å². The van der Waals surface area contributed by atoms with Gasteiger partial charge in [0, 0.05) is 24.5 Å². The Hall–Kier alpha value is -1.59. The summed E-state index contributed by atoms with van der Waals surface area (Å²) in [4.78, 5) is 14.1. The third-order valence-corrected chi connectivity index (χ3v) is 3.74. The van der Waals surface area contributed by atoms with Gasteiger partial charge in [-0.05, 0) is 50.9 Å². The fourth-order valence-electron chi connectivity index (χ4n) is 2.57. The quantitative estimate of drug-likeness (QED) is 0.814. The molecule has 2 rings (SSSR count). The zero-order chi connectivity index (χ0) is 15.2. The summed E-state index contributed by atoms with van der Waals surface area (Å²) in [6, 6.07) is 5.53. The van der Waals surface area contributed by atoms with Gasteiger partial charge in [-0.1, -0.05) is 6.07 Å². The van der Waals surface area contributed by atoms with Gasteiger partial charge in [0.1, 0.15) is 0 Å².